The van der Waals surface area contributed by atoms with Gasteiger partial charge in [-0.3, -0.25) is 13.9 Å². The summed E-state index contributed by atoms with van der Waals surface area (Å²) in [5.74, 6) is -1.57. The Kier molecular flexibility index (Phi) is 4.66. The molecule has 4 heterocycles. The predicted molar refractivity (Wildman–Crippen MR) is 119 cm³/mol. The Balaban J connectivity index is 1.71. The summed E-state index contributed by atoms with van der Waals surface area (Å²) in [5, 5.41) is 20.9. The first-order chi connectivity index (χ1) is 15.7. The zero-order chi connectivity index (χ0) is 23.5. The van der Waals surface area contributed by atoms with Gasteiger partial charge in [0.1, 0.15) is 11.5 Å². The largest absolute Gasteiger partial charge is 0.493 e. The topological polar surface area (TPSA) is 102 Å². The third kappa shape index (κ3) is 3.14. The van der Waals surface area contributed by atoms with Crippen molar-refractivity contribution in [3.63, 3.8) is 0 Å². The van der Waals surface area contributed by atoms with Crippen molar-refractivity contribution < 1.29 is 19.4 Å². The number of rotatable bonds is 5. The molecule has 9 heteroatoms. The molecule has 0 saturated heterocycles. The first-order valence-corrected chi connectivity index (χ1v) is 10.7. The fourth-order valence-electron chi connectivity index (χ4n) is 5.05. The van der Waals surface area contributed by atoms with E-state index in [1.807, 2.05) is 30.5 Å². The molecule has 1 aliphatic heterocycles. The minimum atomic E-state index is -1.05. The molecule has 4 aromatic rings. The van der Waals surface area contributed by atoms with Gasteiger partial charge in [0, 0.05) is 35.8 Å². The molecule has 0 aliphatic carbocycles. The lowest BCUT2D eigenvalue weighted by molar-refractivity contribution is -0.137. The fraction of sp³-hybridized carbons (Fsp3) is 0.292. The first kappa shape index (κ1) is 21.0. The van der Waals surface area contributed by atoms with E-state index in [2.05, 4.69) is 4.98 Å². The molecule has 0 radical (unpaired) electrons. The van der Waals surface area contributed by atoms with Crippen LogP contribution in [-0.2, 0) is 29.8 Å². The molecule has 8 nitrogen and oxygen atoms in total. The van der Waals surface area contributed by atoms with E-state index >= 15 is 0 Å². The van der Waals surface area contributed by atoms with Crippen LogP contribution in [0.4, 0.5) is 4.39 Å². The van der Waals surface area contributed by atoms with E-state index in [0.717, 1.165) is 32.4 Å². The number of carboxylic acid groups (broad SMARTS) is 1. The van der Waals surface area contributed by atoms with Crippen LogP contribution < -0.4 is 5.69 Å². The van der Waals surface area contributed by atoms with Crippen LogP contribution in [0.2, 0.25) is 0 Å². The van der Waals surface area contributed by atoms with E-state index in [1.165, 1.54) is 16.7 Å². The third-order valence-corrected chi connectivity index (χ3v) is 6.45. The highest BCUT2D eigenvalue weighted by molar-refractivity contribution is 5.85. The van der Waals surface area contributed by atoms with E-state index in [4.69, 9.17) is 5.11 Å². The van der Waals surface area contributed by atoms with E-state index in [0.29, 0.717) is 12.2 Å². The molecule has 5 rings (SSSR count). The molecule has 0 bridgehead atoms. The maximum atomic E-state index is 13.4. The normalized spacial score (nSPS) is 14.3. The Morgan fingerprint density at radius 1 is 1.18 bits per heavy atom. The number of halogens is 1. The van der Waals surface area contributed by atoms with E-state index in [1.54, 1.807) is 18.3 Å². The van der Waals surface area contributed by atoms with Crippen LogP contribution in [0, 0.1) is 5.82 Å². The summed E-state index contributed by atoms with van der Waals surface area (Å²) in [4.78, 5) is 28.8. The molecule has 0 fully saturated rings. The molecule has 1 aliphatic rings. The van der Waals surface area contributed by atoms with Gasteiger partial charge in [-0.2, -0.15) is 0 Å². The Bertz CT molecular complexity index is 1460. The average molecular weight is 450 g/mol. The number of aromatic hydroxyl groups is 1. The minimum Gasteiger partial charge on any atom is -0.493 e. The van der Waals surface area contributed by atoms with E-state index < -0.39 is 17.1 Å². The summed E-state index contributed by atoms with van der Waals surface area (Å²) >= 11 is 0. The SMILES string of the molecule is CC1(C)c2c(n(Cc3ccc(F)cc3)c3ncccc23)Cn2c1c(O)n(CCC(=O)O)c2=O. The van der Waals surface area contributed by atoms with Crippen molar-refractivity contribution in [1.29, 1.82) is 0 Å². The summed E-state index contributed by atoms with van der Waals surface area (Å²) in [6.45, 7) is 4.41. The second-order valence-electron chi connectivity index (χ2n) is 8.87. The number of aliphatic carboxylic acids is 1. The number of carbonyl (C=O) groups is 1. The monoisotopic (exact) mass is 450 g/mol. The van der Waals surface area contributed by atoms with Gasteiger partial charge in [-0.25, -0.2) is 14.2 Å². The van der Waals surface area contributed by atoms with Crippen LogP contribution in [-0.4, -0.2) is 34.9 Å². The molecule has 33 heavy (non-hydrogen) atoms. The summed E-state index contributed by atoms with van der Waals surface area (Å²) < 4.78 is 18.1. The highest BCUT2D eigenvalue weighted by Crippen LogP contribution is 2.46. The Labute approximate surface area is 188 Å². The van der Waals surface area contributed by atoms with Gasteiger partial charge in [0.2, 0.25) is 5.88 Å². The quantitative estimate of drug-likeness (QED) is 0.487. The Morgan fingerprint density at radius 2 is 1.91 bits per heavy atom. The van der Waals surface area contributed by atoms with Crippen LogP contribution in [0.1, 0.15) is 42.8 Å². The molecular formula is C24H23FN4O4. The van der Waals surface area contributed by atoms with Gasteiger partial charge in [0.15, 0.2) is 0 Å². The molecule has 0 unspecified atom stereocenters. The number of nitrogens with zero attached hydrogens (tertiary/aromatic N) is 4. The molecule has 3 aromatic heterocycles. The molecule has 0 spiro atoms. The van der Waals surface area contributed by atoms with Gasteiger partial charge >= 0.3 is 11.7 Å². The van der Waals surface area contributed by atoms with Gasteiger partial charge in [0.05, 0.1) is 18.7 Å². The van der Waals surface area contributed by atoms with Gasteiger partial charge in [-0.15, -0.1) is 0 Å². The number of pyridine rings is 1. The van der Waals surface area contributed by atoms with Gasteiger partial charge in [-0.05, 0) is 49.2 Å². The van der Waals surface area contributed by atoms with Crippen LogP contribution in [0.3, 0.4) is 0 Å². The highest BCUT2D eigenvalue weighted by atomic mass is 19.1. The molecule has 0 amide bonds. The second-order valence-corrected chi connectivity index (χ2v) is 8.87. The smallest absolute Gasteiger partial charge is 0.331 e. The number of aromatic nitrogens is 4. The number of carboxylic acids is 1. The molecule has 1 aromatic carbocycles. The molecule has 2 N–H and O–H groups in total. The van der Waals surface area contributed by atoms with Crippen LogP contribution in [0.5, 0.6) is 5.88 Å². The van der Waals surface area contributed by atoms with Crippen LogP contribution in [0.25, 0.3) is 11.0 Å². The van der Waals surface area contributed by atoms with Gasteiger partial charge in [-0.1, -0.05) is 12.1 Å². The third-order valence-electron chi connectivity index (χ3n) is 6.45. The van der Waals surface area contributed by atoms with Crippen LogP contribution in [0.15, 0.2) is 47.4 Å². The molecule has 0 atom stereocenters. The van der Waals surface area contributed by atoms with Gasteiger partial charge < -0.3 is 14.8 Å². The standard InChI is InChI=1S/C24H23FN4O4/c1-24(2)19-16-4-3-10-26-21(16)28(12-14-5-7-15(25)8-6-14)17(19)13-29-20(24)22(32)27(23(29)33)11-9-18(30)31/h3-8,10,32H,9,11-13H2,1-2H3,(H,30,31). The molecular weight excluding hydrogens is 427 g/mol. The van der Waals surface area contributed by atoms with Crippen molar-refractivity contribution in [2.75, 3.05) is 0 Å². The van der Waals surface area contributed by atoms with Crippen molar-refractivity contribution in [1.82, 2.24) is 18.7 Å². The van der Waals surface area contributed by atoms with Crippen molar-refractivity contribution in [3.8, 4) is 5.88 Å². The second kappa shape index (κ2) is 7.33. The summed E-state index contributed by atoms with van der Waals surface area (Å²) in [7, 11) is 0. The first-order valence-electron chi connectivity index (χ1n) is 10.7. The lowest BCUT2D eigenvalue weighted by atomic mass is 9.77. The summed E-state index contributed by atoms with van der Waals surface area (Å²) in [5.41, 5.74) is 2.72. The highest BCUT2D eigenvalue weighted by Gasteiger charge is 2.42. The number of imidazole rings is 1. The van der Waals surface area contributed by atoms with E-state index in [-0.39, 0.29) is 31.2 Å². The zero-order valence-corrected chi connectivity index (χ0v) is 18.2. The lowest BCUT2D eigenvalue weighted by Gasteiger charge is -2.32. The number of hydrogen-bond donors (Lipinski definition) is 2. The Morgan fingerprint density at radius 3 is 2.61 bits per heavy atom. The maximum Gasteiger partial charge on any atom is 0.331 e. The van der Waals surface area contributed by atoms with Crippen LogP contribution >= 0.6 is 0 Å². The number of benzene rings is 1. The predicted octanol–water partition coefficient (Wildman–Crippen LogP) is 3.05. The lowest BCUT2D eigenvalue weighted by Crippen LogP contribution is -2.35. The van der Waals surface area contributed by atoms with Crippen molar-refractivity contribution in [3.05, 3.63) is 81.4 Å². The molecule has 170 valence electrons. The van der Waals surface area contributed by atoms with Gasteiger partial charge in [0.25, 0.3) is 0 Å². The van der Waals surface area contributed by atoms with Crippen molar-refractivity contribution in [2.45, 2.75) is 45.3 Å². The average Bonchev–Trinajstić information content (AvgIpc) is 3.21. The Hall–Kier alpha value is -3.88. The van der Waals surface area contributed by atoms with Crippen molar-refractivity contribution >= 4 is 17.0 Å². The van der Waals surface area contributed by atoms with Crippen molar-refractivity contribution in [2.24, 2.45) is 0 Å². The maximum absolute atomic E-state index is 13.4. The fourth-order valence-corrected chi connectivity index (χ4v) is 5.05. The zero-order valence-electron chi connectivity index (χ0n) is 18.2. The molecule has 0 saturated carbocycles. The minimum absolute atomic E-state index is 0.113. The van der Waals surface area contributed by atoms with E-state index in [9.17, 15) is 19.1 Å². The summed E-state index contributed by atoms with van der Waals surface area (Å²) in [6.07, 6.45) is 1.44. The summed E-state index contributed by atoms with van der Waals surface area (Å²) in [6, 6.07) is 10.1. The number of hydrogen-bond acceptors (Lipinski definition) is 4. The number of fused-ring (bicyclic) bond motifs is 4.